The van der Waals surface area contributed by atoms with E-state index in [0.29, 0.717) is 5.82 Å². The van der Waals surface area contributed by atoms with Crippen LogP contribution in [-0.4, -0.2) is 25.2 Å². The molecule has 0 aliphatic rings. The summed E-state index contributed by atoms with van der Waals surface area (Å²) < 4.78 is 0. The quantitative estimate of drug-likeness (QED) is 0.702. The number of hydrogen-bond acceptors (Lipinski definition) is 4. The van der Waals surface area contributed by atoms with Crippen LogP contribution in [0.2, 0.25) is 0 Å². The first-order valence-corrected chi connectivity index (χ1v) is 4.48. The molecule has 0 saturated carbocycles. The van der Waals surface area contributed by atoms with Gasteiger partial charge in [-0.2, -0.15) is 4.80 Å². The van der Waals surface area contributed by atoms with Gasteiger partial charge in [-0.25, -0.2) is 0 Å². The van der Waals surface area contributed by atoms with Gasteiger partial charge in [0.05, 0.1) is 7.05 Å². The van der Waals surface area contributed by atoms with Crippen LogP contribution in [0.5, 0.6) is 0 Å². The normalized spacial score (nSPS) is 10.4. The second kappa shape index (κ2) is 3.53. The average Bonchev–Trinajstić information content (AvgIpc) is 2.65. The fraction of sp³-hybridized carbons (Fsp3) is 0.333. The lowest BCUT2D eigenvalue weighted by Crippen LogP contribution is -1.92. The molecule has 0 spiro atoms. The minimum Gasteiger partial charge on any atom is -0.264 e. The monoisotopic (exact) mass is 189 g/mol. The van der Waals surface area contributed by atoms with Gasteiger partial charge >= 0.3 is 0 Å². The van der Waals surface area contributed by atoms with Crippen molar-refractivity contribution in [2.75, 3.05) is 0 Å². The van der Waals surface area contributed by atoms with Gasteiger partial charge in [-0.15, -0.1) is 10.2 Å². The lowest BCUT2D eigenvalue weighted by Gasteiger charge is -1.97. The van der Waals surface area contributed by atoms with Crippen LogP contribution in [0, 0.1) is 0 Å². The number of nitrogens with zero attached hydrogens (tertiary/aromatic N) is 5. The molecule has 2 aromatic heterocycles. The van der Waals surface area contributed by atoms with E-state index in [4.69, 9.17) is 0 Å². The van der Waals surface area contributed by atoms with Crippen LogP contribution in [0.25, 0.3) is 11.4 Å². The smallest absolute Gasteiger partial charge is 0.206 e. The molecule has 0 fully saturated rings. The van der Waals surface area contributed by atoms with Crippen molar-refractivity contribution < 1.29 is 0 Å². The Hall–Kier alpha value is -1.78. The first kappa shape index (κ1) is 8.80. The second-order valence-electron chi connectivity index (χ2n) is 3.04. The molecule has 0 N–H and O–H groups in total. The van der Waals surface area contributed by atoms with Gasteiger partial charge in [-0.3, -0.25) is 4.98 Å². The molecule has 0 atom stereocenters. The Morgan fingerprint density at radius 2 is 2.21 bits per heavy atom. The summed E-state index contributed by atoms with van der Waals surface area (Å²) in [7, 11) is 1.74. The summed E-state index contributed by atoms with van der Waals surface area (Å²) in [4.78, 5) is 5.56. The van der Waals surface area contributed by atoms with Gasteiger partial charge in [0.25, 0.3) is 0 Å². The van der Waals surface area contributed by atoms with Crippen LogP contribution in [0.15, 0.2) is 18.5 Å². The molecule has 0 aliphatic carbocycles. The van der Waals surface area contributed by atoms with Crippen LogP contribution in [0.3, 0.4) is 0 Å². The topological polar surface area (TPSA) is 56.5 Å². The molecule has 2 heterocycles. The van der Waals surface area contributed by atoms with Crippen LogP contribution in [0.4, 0.5) is 0 Å². The highest BCUT2D eigenvalue weighted by molar-refractivity contribution is 5.52. The van der Waals surface area contributed by atoms with Crippen molar-refractivity contribution in [2.45, 2.75) is 13.3 Å². The third kappa shape index (κ3) is 1.61. The summed E-state index contributed by atoms with van der Waals surface area (Å²) in [5.41, 5.74) is 2.09. The lowest BCUT2D eigenvalue weighted by molar-refractivity contribution is 0.630. The number of tetrazole rings is 1. The summed E-state index contributed by atoms with van der Waals surface area (Å²) in [6.45, 7) is 2.09. The highest BCUT2D eigenvalue weighted by Gasteiger charge is 2.04. The predicted molar refractivity (Wildman–Crippen MR) is 51.4 cm³/mol. The van der Waals surface area contributed by atoms with Gasteiger partial charge in [0, 0.05) is 18.0 Å². The fourth-order valence-corrected chi connectivity index (χ4v) is 1.20. The summed E-state index contributed by atoms with van der Waals surface area (Å²) >= 11 is 0. The molecular weight excluding hydrogens is 178 g/mol. The first-order valence-electron chi connectivity index (χ1n) is 4.48. The van der Waals surface area contributed by atoms with E-state index in [9.17, 15) is 0 Å². The van der Waals surface area contributed by atoms with Crippen LogP contribution < -0.4 is 0 Å². The van der Waals surface area contributed by atoms with E-state index in [1.54, 1.807) is 13.2 Å². The third-order valence-corrected chi connectivity index (χ3v) is 1.97. The summed E-state index contributed by atoms with van der Waals surface area (Å²) in [6.07, 6.45) is 4.55. The Morgan fingerprint density at radius 1 is 1.36 bits per heavy atom. The Morgan fingerprint density at radius 3 is 2.86 bits per heavy atom. The van der Waals surface area contributed by atoms with E-state index < -0.39 is 0 Å². The maximum Gasteiger partial charge on any atom is 0.206 e. The molecule has 14 heavy (non-hydrogen) atoms. The fourth-order valence-electron chi connectivity index (χ4n) is 1.20. The minimum absolute atomic E-state index is 0.621. The molecule has 0 bridgehead atoms. The summed E-state index contributed by atoms with van der Waals surface area (Å²) in [6, 6.07) is 2.03. The number of hydrogen-bond donors (Lipinski definition) is 0. The van der Waals surface area contributed by atoms with E-state index in [0.717, 1.165) is 12.0 Å². The van der Waals surface area contributed by atoms with Crippen LogP contribution in [-0.2, 0) is 13.5 Å². The van der Waals surface area contributed by atoms with Gasteiger partial charge in [0.15, 0.2) is 0 Å². The highest BCUT2D eigenvalue weighted by Crippen LogP contribution is 2.13. The van der Waals surface area contributed by atoms with Gasteiger partial charge in [0.2, 0.25) is 5.82 Å². The molecule has 0 radical (unpaired) electrons. The molecule has 5 nitrogen and oxygen atoms in total. The highest BCUT2D eigenvalue weighted by atomic mass is 15.6. The zero-order valence-corrected chi connectivity index (χ0v) is 8.18. The van der Waals surface area contributed by atoms with Gasteiger partial charge < -0.3 is 0 Å². The van der Waals surface area contributed by atoms with Crippen molar-refractivity contribution in [3.63, 3.8) is 0 Å². The Kier molecular flexibility index (Phi) is 2.22. The molecular formula is C9H11N5. The molecule has 0 saturated heterocycles. The van der Waals surface area contributed by atoms with Crippen molar-refractivity contribution in [2.24, 2.45) is 7.05 Å². The van der Waals surface area contributed by atoms with Gasteiger partial charge in [-0.05, 0) is 23.3 Å². The Balaban J connectivity index is 2.41. The van der Waals surface area contributed by atoms with E-state index in [1.165, 1.54) is 10.4 Å². The summed E-state index contributed by atoms with van der Waals surface area (Å²) in [5.74, 6) is 0.621. The first-order chi connectivity index (χ1) is 6.79. The van der Waals surface area contributed by atoms with Gasteiger partial charge in [-0.1, -0.05) is 6.92 Å². The van der Waals surface area contributed by atoms with E-state index in [1.807, 2.05) is 12.3 Å². The van der Waals surface area contributed by atoms with Crippen molar-refractivity contribution >= 4 is 0 Å². The predicted octanol–water partition coefficient (Wildman–Crippen LogP) is 0.834. The maximum atomic E-state index is 4.12. The van der Waals surface area contributed by atoms with Gasteiger partial charge in [0.1, 0.15) is 0 Å². The number of rotatable bonds is 2. The SMILES string of the molecule is CCc1cncc(-c2nnn(C)n2)c1. The summed E-state index contributed by atoms with van der Waals surface area (Å²) in [5, 5.41) is 11.8. The van der Waals surface area contributed by atoms with E-state index in [-0.39, 0.29) is 0 Å². The second-order valence-corrected chi connectivity index (χ2v) is 3.04. The van der Waals surface area contributed by atoms with E-state index >= 15 is 0 Å². The molecule has 2 aromatic rings. The minimum atomic E-state index is 0.621. The van der Waals surface area contributed by atoms with Crippen LogP contribution in [0.1, 0.15) is 12.5 Å². The Labute approximate surface area is 81.8 Å². The molecule has 0 amide bonds. The molecule has 2 rings (SSSR count). The molecule has 72 valence electrons. The van der Waals surface area contributed by atoms with Crippen molar-refractivity contribution in [1.29, 1.82) is 0 Å². The van der Waals surface area contributed by atoms with E-state index in [2.05, 4.69) is 27.3 Å². The molecule has 0 aliphatic heterocycles. The standard InChI is InChI=1S/C9H11N5/c1-3-7-4-8(6-10-5-7)9-11-13-14(2)12-9/h4-6H,3H2,1-2H3. The molecule has 5 heteroatoms. The lowest BCUT2D eigenvalue weighted by atomic mass is 10.1. The maximum absolute atomic E-state index is 4.12. The molecule has 0 unspecified atom stereocenters. The number of aryl methyl sites for hydroxylation is 2. The average molecular weight is 189 g/mol. The number of aromatic nitrogens is 5. The number of pyridine rings is 1. The zero-order chi connectivity index (χ0) is 9.97. The van der Waals surface area contributed by atoms with Crippen molar-refractivity contribution in [3.05, 3.63) is 24.0 Å². The van der Waals surface area contributed by atoms with Crippen molar-refractivity contribution in [3.8, 4) is 11.4 Å². The largest absolute Gasteiger partial charge is 0.264 e. The Bertz CT molecular complexity index is 434. The van der Waals surface area contributed by atoms with Crippen LogP contribution >= 0.6 is 0 Å². The third-order valence-electron chi connectivity index (χ3n) is 1.97. The zero-order valence-electron chi connectivity index (χ0n) is 8.18. The molecule has 0 aromatic carbocycles. The van der Waals surface area contributed by atoms with Crippen molar-refractivity contribution in [1.82, 2.24) is 25.2 Å².